The summed E-state index contributed by atoms with van der Waals surface area (Å²) in [5.74, 6) is 0. The summed E-state index contributed by atoms with van der Waals surface area (Å²) in [6, 6.07) is 22.5. The first-order valence-electron chi connectivity index (χ1n) is 8.39. The molecule has 0 saturated carbocycles. The molecule has 0 fully saturated rings. The summed E-state index contributed by atoms with van der Waals surface area (Å²) in [4.78, 5) is 4.45. The van der Waals surface area contributed by atoms with Crippen molar-refractivity contribution in [2.24, 2.45) is 0 Å². The van der Waals surface area contributed by atoms with E-state index >= 15 is 0 Å². The number of sulfonamides is 1. The molecule has 1 N–H and O–H groups in total. The quantitative estimate of drug-likeness (QED) is 0.584. The molecular weight excluding hydrogens is 344 g/mol. The molecule has 130 valence electrons. The highest BCUT2D eigenvalue weighted by Gasteiger charge is 2.21. The van der Waals surface area contributed by atoms with Gasteiger partial charge in [0.2, 0.25) is 10.0 Å². The van der Waals surface area contributed by atoms with Gasteiger partial charge in [0.1, 0.15) is 4.90 Å². The van der Waals surface area contributed by atoms with E-state index < -0.39 is 10.0 Å². The maximum absolute atomic E-state index is 12.9. The van der Waals surface area contributed by atoms with Crippen LogP contribution < -0.4 is 4.72 Å². The molecule has 4 nitrogen and oxygen atoms in total. The van der Waals surface area contributed by atoms with Crippen LogP contribution >= 0.6 is 0 Å². The van der Waals surface area contributed by atoms with Gasteiger partial charge in [-0.1, -0.05) is 54.6 Å². The van der Waals surface area contributed by atoms with Gasteiger partial charge >= 0.3 is 0 Å². The third-order valence-electron chi connectivity index (χ3n) is 4.49. The molecule has 0 bridgehead atoms. The molecule has 0 aliphatic heterocycles. The van der Waals surface area contributed by atoms with Gasteiger partial charge in [-0.25, -0.2) is 13.1 Å². The van der Waals surface area contributed by atoms with Crippen molar-refractivity contribution in [3.05, 3.63) is 84.6 Å². The van der Waals surface area contributed by atoms with Gasteiger partial charge < -0.3 is 0 Å². The van der Waals surface area contributed by atoms with Gasteiger partial charge in [0.05, 0.1) is 5.52 Å². The minimum absolute atomic E-state index is 0.197. The van der Waals surface area contributed by atoms with Crippen LogP contribution in [0.5, 0.6) is 0 Å². The van der Waals surface area contributed by atoms with Crippen molar-refractivity contribution in [1.82, 2.24) is 9.71 Å². The lowest BCUT2D eigenvalue weighted by atomic mass is 10.0. The summed E-state index contributed by atoms with van der Waals surface area (Å²) in [6.07, 6.45) is 1.61. The van der Waals surface area contributed by atoms with Crippen molar-refractivity contribution < 1.29 is 8.42 Å². The fraction of sp³-hybridized carbons (Fsp3) is 0.0952. The third-order valence-corrected chi connectivity index (χ3v) is 6.06. The average molecular weight is 362 g/mol. The second-order valence-electron chi connectivity index (χ2n) is 6.28. The fourth-order valence-corrected chi connectivity index (χ4v) is 4.55. The average Bonchev–Trinajstić information content (AvgIpc) is 2.66. The van der Waals surface area contributed by atoms with Gasteiger partial charge in [-0.05, 0) is 41.5 Å². The number of hydrogen-bond acceptors (Lipinski definition) is 3. The fourth-order valence-electron chi connectivity index (χ4n) is 3.13. The van der Waals surface area contributed by atoms with Crippen molar-refractivity contribution in [2.75, 3.05) is 0 Å². The van der Waals surface area contributed by atoms with Gasteiger partial charge in [0.25, 0.3) is 0 Å². The highest BCUT2D eigenvalue weighted by molar-refractivity contribution is 7.89. The number of nitrogens with zero attached hydrogens (tertiary/aromatic N) is 1. The molecule has 4 rings (SSSR count). The van der Waals surface area contributed by atoms with Crippen LogP contribution in [-0.2, 0) is 10.0 Å². The topological polar surface area (TPSA) is 59.1 Å². The van der Waals surface area contributed by atoms with E-state index in [1.165, 1.54) is 0 Å². The van der Waals surface area contributed by atoms with Crippen LogP contribution in [0.4, 0.5) is 0 Å². The largest absolute Gasteiger partial charge is 0.255 e. The number of hydrogen-bond donors (Lipinski definition) is 1. The number of aromatic nitrogens is 1. The van der Waals surface area contributed by atoms with Crippen molar-refractivity contribution in [2.45, 2.75) is 17.9 Å². The van der Waals surface area contributed by atoms with Gasteiger partial charge in [-0.3, -0.25) is 4.98 Å². The van der Waals surface area contributed by atoms with E-state index in [1.807, 2.05) is 61.5 Å². The summed E-state index contributed by atoms with van der Waals surface area (Å²) in [5, 5.41) is 3.01. The zero-order valence-corrected chi connectivity index (χ0v) is 15.1. The maximum Gasteiger partial charge on any atom is 0.243 e. The van der Waals surface area contributed by atoms with Crippen molar-refractivity contribution in [1.29, 1.82) is 0 Å². The van der Waals surface area contributed by atoms with E-state index in [0.29, 0.717) is 5.52 Å². The van der Waals surface area contributed by atoms with Gasteiger partial charge in [0.15, 0.2) is 0 Å². The first kappa shape index (κ1) is 16.7. The molecule has 0 aliphatic carbocycles. The summed E-state index contributed by atoms with van der Waals surface area (Å²) in [6.45, 7) is 1.85. The molecule has 3 aromatic carbocycles. The first-order chi connectivity index (χ1) is 12.5. The van der Waals surface area contributed by atoms with E-state index in [2.05, 4.69) is 9.71 Å². The zero-order chi connectivity index (χ0) is 18.1. The van der Waals surface area contributed by atoms with Crippen LogP contribution in [0.15, 0.2) is 83.9 Å². The Labute approximate surface area is 152 Å². The third kappa shape index (κ3) is 3.07. The van der Waals surface area contributed by atoms with Gasteiger partial charge in [-0.2, -0.15) is 0 Å². The highest BCUT2D eigenvalue weighted by atomic mass is 32.2. The number of fused-ring (bicyclic) bond motifs is 2. The van der Waals surface area contributed by atoms with E-state index in [1.54, 1.807) is 24.4 Å². The molecule has 0 amide bonds. The lowest BCUT2D eigenvalue weighted by Crippen LogP contribution is -2.27. The molecule has 0 saturated heterocycles. The molecule has 0 aliphatic rings. The zero-order valence-electron chi connectivity index (χ0n) is 14.3. The Morgan fingerprint density at radius 1 is 0.846 bits per heavy atom. The monoisotopic (exact) mass is 362 g/mol. The highest BCUT2D eigenvalue weighted by Crippen LogP contribution is 2.24. The number of para-hydroxylation sites is 1. The molecule has 4 aromatic rings. The Hall–Kier alpha value is -2.76. The molecule has 0 spiro atoms. The van der Waals surface area contributed by atoms with Crippen LogP contribution in [0.2, 0.25) is 0 Å². The standard InChI is InChI=1S/C21H18N2O2S/c1-15(18-12-11-16-6-2-3-7-19(16)14-18)23-26(24,25)20-10-4-8-17-9-5-13-22-21(17)20/h2-15,23H,1H3. The van der Waals surface area contributed by atoms with Crippen LogP contribution in [0.25, 0.3) is 21.7 Å². The van der Waals surface area contributed by atoms with Gasteiger partial charge in [-0.15, -0.1) is 0 Å². The lowest BCUT2D eigenvalue weighted by molar-refractivity contribution is 0.568. The van der Waals surface area contributed by atoms with Crippen LogP contribution in [0.3, 0.4) is 0 Å². The Bertz CT molecular complexity index is 1200. The molecular formula is C21H18N2O2S. The van der Waals surface area contributed by atoms with E-state index in [0.717, 1.165) is 21.7 Å². The number of rotatable bonds is 4. The normalized spacial score (nSPS) is 13.1. The molecule has 1 unspecified atom stereocenters. The lowest BCUT2D eigenvalue weighted by Gasteiger charge is -2.16. The molecule has 26 heavy (non-hydrogen) atoms. The molecule has 1 aromatic heterocycles. The Morgan fingerprint density at radius 2 is 1.58 bits per heavy atom. The predicted octanol–water partition coefficient (Wildman–Crippen LogP) is 4.43. The van der Waals surface area contributed by atoms with Crippen molar-refractivity contribution >= 4 is 31.7 Å². The second-order valence-corrected chi connectivity index (χ2v) is 7.96. The Morgan fingerprint density at radius 3 is 2.42 bits per heavy atom. The van der Waals surface area contributed by atoms with Crippen LogP contribution in [0.1, 0.15) is 18.5 Å². The number of benzene rings is 3. The van der Waals surface area contributed by atoms with Crippen LogP contribution in [0, 0.1) is 0 Å². The molecule has 5 heteroatoms. The Kier molecular flexibility index (Phi) is 4.18. The number of nitrogens with one attached hydrogen (secondary N) is 1. The number of pyridine rings is 1. The summed E-state index contributed by atoms with van der Waals surface area (Å²) in [7, 11) is -3.70. The van der Waals surface area contributed by atoms with Crippen LogP contribution in [-0.4, -0.2) is 13.4 Å². The second kappa shape index (κ2) is 6.52. The minimum atomic E-state index is -3.70. The summed E-state index contributed by atoms with van der Waals surface area (Å²) in [5.41, 5.74) is 1.40. The van der Waals surface area contributed by atoms with E-state index in [9.17, 15) is 8.42 Å². The summed E-state index contributed by atoms with van der Waals surface area (Å²) >= 11 is 0. The van der Waals surface area contributed by atoms with Gasteiger partial charge in [0, 0.05) is 17.6 Å². The SMILES string of the molecule is CC(NS(=O)(=O)c1cccc2cccnc12)c1ccc2ccccc2c1. The van der Waals surface area contributed by atoms with E-state index in [4.69, 9.17) is 0 Å². The van der Waals surface area contributed by atoms with Crippen molar-refractivity contribution in [3.63, 3.8) is 0 Å². The predicted molar refractivity (Wildman–Crippen MR) is 104 cm³/mol. The molecule has 1 atom stereocenters. The maximum atomic E-state index is 12.9. The summed E-state index contributed by atoms with van der Waals surface area (Å²) < 4.78 is 28.7. The Balaban J connectivity index is 1.70. The first-order valence-corrected chi connectivity index (χ1v) is 9.88. The van der Waals surface area contributed by atoms with Crippen molar-refractivity contribution in [3.8, 4) is 0 Å². The molecule has 1 heterocycles. The smallest absolute Gasteiger partial charge is 0.243 e. The minimum Gasteiger partial charge on any atom is -0.255 e. The van der Waals surface area contributed by atoms with E-state index in [-0.39, 0.29) is 10.9 Å². The molecule has 0 radical (unpaired) electrons.